The van der Waals surface area contributed by atoms with Crippen molar-refractivity contribution in [3.8, 4) is 0 Å². The van der Waals surface area contributed by atoms with Crippen molar-refractivity contribution in [1.29, 1.82) is 0 Å². The zero-order valence-electron chi connectivity index (χ0n) is 19.1. The Morgan fingerprint density at radius 3 is 1.89 bits per heavy atom. The van der Waals surface area contributed by atoms with E-state index in [-0.39, 0.29) is 44.6 Å². The third-order valence-corrected chi connectivity index (χ3v) is 9.16. The molecule has 1 heterocycles. The summed E-state index contributed by atoms with van der Waals surface area (Å²) in [5.74, 6) is -3.66. The molecule has 0 aromatic carbocycles. The number of fused-ring (bicyclic) bond motifs is 5. The fraction of sp³-hybridized carbons (Fsp3) is 0.867. The summed E-state index contributed by atoms with van der Waals surface area (Å²) in [7, 11) is 0. The van der Waals surface area contributed by atoms with Crippen LogP contribution in [0.4, 0.5) is 0 Å². The molecule has 7 nitrogen and oxygen atoms in total. The third kappa shape index (κ3) is 5.61. The van der Waals surface area contributed by atoms with Crippen molar-refractivity contribution in [3.63, 3.8) is 0 Å². The van der Waals surface area contributed by atoms with Gasteiger partial charge in [0.1, 0.15) is 5.60 Å². The molecule has 3 aliphatic carbocycles. The quantitative estimate of drug-likeness (QED) is 0.281. The van der Waals surface area contributed by atoms with Gasteiger partial charge < -0.3 is 14.6 Å². The van der Waals surface area contributed by atoms with Gasteiger partial charge in [0.05, 0.1) is 22.7 Å². The maximum Gasteiger partial charge on any atom is 0.318 e. The van der Waals surface area contributed by atoms with Gasteiger partial charge in [-0.05, 0) is 77.6 Å². The van der Waals surface area contributed by atoms with Crippen LogP contribution < -0.4 is 0 Å². The predicted molar refractivity (Wildman–Crippen MR) is 150 cm³/mol. The first kappa shape index (κ1) is 39.6. The molecule has 7 atom stereocenters. The summed E-state index contributed by atoms with van der Waals surface area (Å²) in [4.78, 5) is 50.5. The molecule has 0 amide bonds. The average Bonchev–Trinajstić information content (AvgIpc) is 3.41. The molecule has 0 aromatic heterocycles. The topological polar surface area (TPSA) is 107 Å². The maximum atomic E-state index is 13.5. The SMILES string of the molecule is C.C.C.C.C.C.CCC1(OC(=O)C(C)(C)C2C(=O)OC(=O)C2C(C)(C)C(=O)O)CC2CC1C1CCCC21. The van der Waals surface area contributed by atoms with E-state index in [9.17, 15) is 24.3 Å². The van der Waals surface area contributed by atoms with Crippen molar-refractivity contribution >= 4 is 23.9 Å². The molecular formula is C30H58O7. The van der Waals surface area contributed by atoms with Gasteiger partial charge in [-0.15, -0.1) is 0 Å². The Hall–Kier alpha value is -1.92. The first-order chi connectivity index (χ1) is 14.4. The molecule has 2 bridgehead atoms. The van der Waals surface area contributed by atoms with E-state index in [0.717, 1.165) is 25.2 Å². The highest BCUT2D eigenvalue weighted by molar-refractivity contribution is 6.02. The first-order valence-corrected chi connectivity index (χ1v) is 11.6. The van der Waals surface area contributed by atoms with Crippen LogP contribution in [0.2, 0.25) is 0 Å². The van der Waals surface area contributed by atoms with E-state index in [1.807, 2.05) is 0 Å². The van der Waals surface area contributed by atoms with Gasteiger partial charge in [-0.2, -0.15) is 0 Å². The van der Waals surface area contributed by atoms with Gasteiger partial charge in [0.25, 0.3) is 0 Å². The summed E-state index contributed by atoms with van der Waals surface area (Å²) in [5, 5.41) is 9.66. The van der Waals surface area contributed by atoms with Gasteiger partial charge in [-0.25, -0.2) is 0 Å². The van der Waals surface area contributed by atoms with Gasteiger partial charge in [-0.3, -0.25) is 19.2 Å². The Bertz CT molecular complexity index is 830. The molecule has 4 rings (SSSR count). The van der Waals surface area contributed by atoms with E-state index in [1.165, 1.54) is 33.1 Å². The minimum atomic E-state index is -1.56. The highest BCUT2D eigenvalue weighted by Crippen LogP contribution is 2.64. The lowest BCUT2D eigenvalue weighted by molar-refractivity contribution is -0.188. The van der Waals surface area contributed by atoms with Gasteiger partial charge >= 0.3 is 23.9 Å². The molecule has 220 valence electrons. The second-order valence-electron chi connectivity index (χ2n) is 11.3. The van der Waals surface area contributed by atoms with Crippen molar-refractivity contribution in [2.75, 3.05) is 0 Å². The zero-order valence-corrected chi connectivity index (χ0v) is 19.1. The highest BCUT2D eigenvalue weighted by Gasteiger charge is 2.65. The molecule has 4 aliphatic rings. The number of aliphatic carboxylic acids is 1. The predicted octanol–water partition coefficient (Wildman–Crippen LogP) is 7.40. The standard InChI is InChI=1S/C24H34O7.6CH4/c1-6-24(11-12-10-15(24)14-9-7-8-13(12)14)31-21(29)23(4,5)17-16(18(25)30-19(17)26)22(2,3)20(27)28;;;;;;/h12-17H,6-11H2,1-5H3,(H,27,28);6*1H4. The Morgan fingerprint density at radius 1 is 0.919 bits per heavy atom. The molecular weight excluding hydrogens is 472 g/mol. The minimum absolute atomic E-state index is 0. The van der Waals surface area contributed by atoms with Crippen molar-refractivity contribution in [1.82, 2.24) is 0 Å². The van der Waals surface area contributed by atoms with E-state index in [0.29, 0.717) is 17.8 Å². The molecule has 37 heavy (non-hydrogen) atoms. The van der Waals surface area contributed by atoms with Crippen molar-refractivity contribution in [2.24, 2.45) is 46.3 Å². The number of cyclic esters (lactones) is 2. The first-order valence-electron chi connectivity index (χ1n) is 11.6. The molecule has 7 heteroatoms. The summed E-state index contributed by atoms with van der Waals surface area (Å²) >= 11 is 0. The van der Waals surface area contributed by atoms with E-state index in [1.54, 1.807) is 13.8 Å². The molecule has 1 N–H and O–H groups in total. The van der Waals surface area contributed by atoms with Crippen LogP contribution in [0, 0.1) is 46.3 Å². The molecule has 4 fully saturated rings. The molecule has 0 aromatic rings. The monoisotopic (exact) mass is 530 g/mol. The number of hydrogen-bond acceptors (Lipinski definition) is 6. The summed E-state index contributed by atoms with van der Waals surface area (Å²) in [5.41, 5.74) is -3.48. The summed E-state index contributed by atoms with van der Waals surface area (Å²) < 4.78 is 11.1. The van der Waals surface area contributed by atoms with E-state index >= 15 is 0 Å². The molecule has 1 saturated heterocycles. The number of carbonyl (C=O) groups excluding carboxylic acids is 3. The normalized spacial score (nSPS) is 33.1. The zero-order chi connectivity index (χ0) is 22.9. The maximum absolute atomic E-state index is 13.5. The van der Waals surface area contributed by atoms with Crippen LogP contribution in [0.25, 0.3) is 0 Å². The Labute approximate surface area is 227 Å². The third-order valence-electron chi connectivity index (χ3n) is 9.16. The van der Waals surface area contributed by atoms with Crippen molar-refractivity contribution < 1.29 is 33.8 Å². The van der Waals surface area contributed by atoms with Crippen molar-refractivity contribution in [3.05, 3.63) is 0 Å². The molecule has 1 aliphatic heterocycles. The van der Waals surface area contributed by atoms with E-state index in [4.69, 9.17) is 9.47 Å². The molecule has 7 unspecified atom stereocenters. The molecule has 3 saturated carbocycles. The van der Waals surface area contributed by atoms with Crippen LogP contribution in [0.1, 0.15) is 118 Å². The van der Waals surface area contributed by atoms with Gasteiger partial charge in [0.15, 0.2) is 0 Å². The van der Waals surface area contributed by atoms with Crippen LogP contribution in [-0.4, -0.2) is 34.6 Å². The van der Waals surface area contributed by atoms with Crippen LogP contribution in [0.15, 0.2) is 0 Å². The van der Waals surface area contributed by atoms with E-state index in [2.05, 4.69) is 6.92 Å². The lowest BCUT2D eigenvalue weighted by Crippen LogP contribution is -2.51. The highest BCUT2D eigenvalue weighted by atomic mass is 16.6. The summed E-state index contributed by atoms with van der Waals surface area (Å²) in [6.45, 7) is 7.96. The smallest absolute Gasteiger partial charge is 0.318 e. The Morgan fingerprint density at radius 2 is 1.41 bits per heavy atom. The van der Waals surface area contributed by atoms with Gasteiger partial charge in [0.2, 0.25) is 0 Å². The van der Waals surface area contributed by atoms with E-state index < -0.39 is 52.1 Å². The number of carboxylic acid groups (broad SMARTS) is 1. The fourth-order valence-electron chi connectivity index (χ4n) is 7.31. The number of ether oxygens (including phenoxy) is 2. The lowest BCUT2D eigenvalue weighted by atomic mass is 9.63. The number of rotatable bonds is 6. The number of carbonyl (C=O) groups is 4. The Kier molecular flexibility index (Phi) is 13.6. The van der Waals surface area contributed by atoms with Crippen molar-refractivity contribution in [2.45, 2.75) is 123 Å². The van der Waals surface area contributed by atoms with Crippen LogP contribution in [0.5, 0.6) is 0 Å². The number of carboxylic acids is 1. The molecule has 0 spiro atoms. The minimum Gasteiger partial charge on any atom is -0.481 e. The second-order valence-corrected chi connectivity index (χ2v) is 11.3. The van der Waals surface area contributed by atoms with Gasteiger partial charge in [0, 0.05) is 5.92 Å². The van der Waals surface area contributed by atoms with Crippen LogP contribution in [-0.2, 0) is 28.7 Å². The number of hydrogen-bond donors (Lipinski definition) is 1. The lowest BCUT2D eigenvalue weighted by Gasteiger charge is -2.44. The van der Waals surface area contributed by atoms with Crippen LogP contribution >= 0.6 is 0 Å². The number of esters is 3. The summed E-state index contributed by atoms with van der Waals surface area (Å²) in [6.07, 6.45) is 6.37. The van der Waals surface area contributed by atoms with Gasteiger partial charge in [-0.1, -0.05) is 57.9 Å². The Balaban J connectivity index is -0.00000193. The second kappa shape index (κ2) is 12.8. The fourth-order valence-corrected chi connectivity index (χ4v) is 7.31. The van der Waals surface area contributed by atoms with Crippen LogP contribution in [0.3, 0.4) is 0 Å². The average molecular weight is 531 g/mol. The molecule has 0 radical (unpaired) electrons. The largest absolute Gasteiger partial charge is 0.481 e. The summed E-state index contributed by atoms with van der Waals surface area (Å²) in [6, 6.07) is 0.